The van der Waals surface area contributed by atoms with Crippen molar-refractivity contribution >= 4 is 17.6 Å². The third-order valence-corrected chi connectivity index (χ3v) is 5.31. The van der Waals surface area contributed by atoms with E-state index in [4.69, 9.17) is 0 Å². The first kappa shape index (κ1) is 17.7. The van der Waals surface area contributed by atoms with Crippen molar-refractivity contribution in [2.45, 2.75) is 45.7 Å². The predicted octanol–water partition coefficient (Wildman–Crippen LogP) is 1.80. The second-order valence-electron chi connectivity index (χ2n) is 7.16. The van der Waals surface area contributed by atoms with Crippen LogP contribution < -0.4 is 15.5 Å². The minimum atomic E-state index is -0.367. The topological polar surface area (TPSA) is 64.7 Å². The Morgan fingerprint density at radius 2 is 1.80 bits per heavy atom. The van der Waals surface area contributed by atoms with Gasteiger partial charge in [0.05, 0.1) is 6.04 Å². The van der Waals surface area contributed by atoms with Crippen molar-refractivity contribution in [3.8, 4) is 0 Å². The molecule has 1 aromatic carbocycles. The Balaban J connectivity index is 1.51. The van der Waals surface area contributed by atoms with Crippen LogP contribution in [0.1, 0.15) is 30.9 Å². The summed E-state index contributed by atoms with van der Waals surface area (Å²) in [6, 6.07) is 5.98. The molecule has 2 N–H and O–H groups in total. The van der Waals surface area contributed by atoms with Gasteiger partial charge in [-0.1, -0.05) is 12.1 Å². The van der Waals surface area contributed by atoms with Gasteiger partial charge in [0.2, 0.25) is 5.91 Å². The molecule has 1 aliphatic carbocycles. The lowest BCUT2D eigenvalue weighted by atomic mass is 10.1. The summed E-state index contributed by atoms with van der Waals surface area (Å²) in [4.78, 5) is 28.5. The number of carbonyl (C=O) groups is 2. The Morgan fingerprint density at radius 1 is 1.12 bits per heavy atom. The lowest BCUT2D eigenvalue weighted by Crippen LogP contribution is -2.55. The van der Waals surface area contributed by atoms with E-state index in [-0.39, 0.29) is 24.0 Å². The van der Waals surface area contributed by atoms with E-state index >= 15 is 0 Å². The summed E-state index contributed by atoms with van der Waals surface area (Å²) < 4.78 is 0. The maximum atomic E-state index is 12.3. The molecule has 1 aromatic rings. The summed E-state index contributed by atoms with van der Waals surface area (Å²) in [7, 11) is 0. The fourth-order valence-electron chi connectivity index (χ4n) is 3.26. The Hall–Kier alpha value is -2.08. The van der Waals surface area contributed by atoms with Crippen LogP contribution in [0.3, 0.4) is 0 Å². The number of benzene rings is 1. The zero-order valence-corrected chi connectivity index (χ0v) is 15.3. The molecule has 3 amide bonds. The van der Waals surface area contributed by atoms with E-state index in [0.29, 0.717) is 0 Å². The first-order valence-corrected chi connectivity index (χ1v) is 9.12. The van der Waals surface area contributed by atoms with Crippen molar-refractivity contribution in [2.24, 2.45) is 0 Å². The van der Waals surface area contributed by atoms with E-state index < -0.39 is 0 Å². The molecule has 0 aromatic heterocycles. The van der Waals surface area contributed by atoms with Crippen molar-refractivity contribution in [3.63, 3.8) is 0 Å². The average molecular weight is 344 g/mol. The fraction of sp³-hybridized carbons (Fsp3) is 0.579. The second-order valence-corrected chi connectivity index (χ2v) is 7.16. The molecule has 6 heteroatoms. The van der Waals surface area contributed by atoms with E-state index in [1.54, 1.807) is 0 Å². The van der Waals surface area contributed by atoms with Crippen molar-refractivity contribution in [3.05, 3.63) is 29.3 Å². The van der Waals surface area contributed by atoms with Crippen LogP contribution in [0, 0.1) is 13.8 Å². The van der Waals surface area contributed by atoms with Gasteiger partial charge in [-0.2, -0.15) is 0 Å². The van der Waals surface area contributed by atoms with Gasteiger partial charge in [-0.3, -0.25) is 15.0 Å². The van der Waals surface area contributed by atoms with Crippen molar-refractivity contribution in [1.82, 2.24) is 15.5 Å². The molecule has 0 spiro atoms. The van der Waals surface area contributed by atoms with Crippen LogP contribution in [0.25, 0.3) is 0 Å². The standard InChI is InChI=1S/C19H28N4O2/c1-13-5-4-6-17(14(13)2)23-11-9-22(10-12-23)15(3)18(24)21-19(25)20-16-7-8-16/h4-6,15-16H,7-12H2,1-3H3,(H2,20,21,24,25). The quantitative estimate of drug-likeness (QED) is 0.874. The number of nitrogens with one attached hydrogen (secondary N) is 2. The Bertz CT molecular complexity index is 649. The van der Waals surface area contributed by atoms with Crippen LogP contribution in [0.5, 0.6) is 0 Å². The number of hydrogen-bond donors (Lipinski definition) is 2. The third kappa shape index (κ3) is 4.31. The molecule has 136 valence electrons. The lowest BCUT2D eigenvalue weighted by Gasteiger charge is -2.39. The highest BCUT2D eigenvalue weighted by atomic mass is 16.2. The molecule has 1 unspecified atom stereocenters. The number of urea groups is 1. The van der Waals surface area contributed by atoms with Crippen LogP contribution in [0.15, 0.2) is 18.2 Å². The molecule has 1 saturated heterocycles. The number of aryl methyl sites for hydroxylation is 1. The van der Waals surface area contributed by atoms with Crippen LogP contribution in [-0.2, 0) is 4.79 Å². The summed E-state index contributed by atoms with van der Waals surface area (Å²) in [5.74, 6) is -0.224. The molecule has 0 radical (unpaired) electrons. The minimum absolute atomic E-state index is 0.224. The minimum Gasteiger partial charge on any atom is -0.369 e. The van der Waals surface area contributed by atoms with Gasteiger partial charge in [0, 0.05) is 37.9 Å². The van der Waals surface area contributed by atoms with E-state index in [2.05, 4.69) is 52.5 Å². The van der Waals surface area contributed by atoms with Gasteiger partial charge in [-0.15, -0.1) is 0 Å². The zero-order chi connectivity index (χ0) is 18.0. The number of imide groups is 1. The van der Waals surface area contributed by atoms with Gasteiger partial charge in [0.25, 0.3) is 0 Å². The number of nitrogens with zero attached hydrogens (tertiary/aromatic N) is 2. The van der Waals surface area contributed by atoms with Gasteiger partial charge in [0.1, 0.15) is 0 Å². The number of carbonyl (C=O) groups excluding carboxylic acids is 2. The van der Waals surface area contributed by atoms with Crippen LogP contribution in [-0.4, -0.2) is 55.1 Å². The van der Waals surface area contributed by atoms with Crippen molar-refractivity contribution in [1.29, 1.82) is 0 Å². The third-order valence-electron chi connectivity index (χ3n) is 5.31. The summed E-state index contributed by atoms with van der Waals surface area (Å²) in [6.07, 6.45) is 2.02. The highest BCUT2D eigenvalue weighted by molar-refractivity contribution is 5.97. The molecule has 0 bridgehead atoms. The van der Waals surface area contributed by atoms with Crippen LogP contribution in [0.4, 0.5) is 10.5 Å². The van der Waals surface area contributed by atoms with Gasteiger partial charge in [0.15, 0.2) is 0 Å². The summed E-state index contributed by atoms with van der Waals surface area (Å²) in [5, 5.41) is 5.25. The number of rotatable bonds is 4. The molecule has 6 nitrogen and oxygen atoms in total. The van der Waals surface area contributed by atoms with Crippen LogP contribution in [0.2, 0.25) is 0 Å². The number of hydrogen-bond acceptors (Lipinski definition) is 4. The van der Waals surface area contributed by atoms with Crippen molar-refractivity contribution < 1.29 is 9.59 Å². The van der Waals surface area contributed by atoms with E-state index in [1.807, 2.05) is 6.92 Å². The smallest absolute Gasteiger partial charge is 0.321 e. The number of piperazine rings is 1. The summed E-state index contributed by atoms with van der Waals surface area (Å²) in [6.45, 7) is 9.55. The van der Waals surface area contributed by atoms with Gasteiger partial charge in [-0.25, -0.2) is 4.79 Å². The molecule has 2 fully saturated rings. The maximum absolute atomic E-state index is 12.3. The SMILES string of the molecule is Cc1cccc(N2CCN(C(C)C(=O)NC(=O)NC3CC3)CC2)c1C. The highest BCUT2D eigenvalue weighted by Gasteiger charge is 2.29. The Morgan fingerprint density at radius 3 is 2.44 bits per heavy atom. The summed E-state index contributed by atoms with van der Waals surface area (Å²) >= 11 is 0. The second kappa shape index (κ2) is 7.44. The van der Waals surface area contributed by atoms with Crippen LogP contribution >= 0.6 is 0 Å². The number of amides is 3. The van der Waals surface area contributed by atoms with E-state index in [1.165, 1.54) is 16.8 Å². The van der Waals surface area contributed by atoms with Gasteiger partial charge >= 0.3 is 6.03 Å². The molecule has 1 atom stereocenters. The molecule has 1 heterocycles. The van der Waals surface area contributed by atoms with Gasteiger partial charge < -0.3 is 10.2 Å². The normalized spacial score (nSPS) is 19.4. The maximum Gasteiger partial charge on any atom is 0.321 e. The lowest BCUT2D eigenvalue weighted by molar-refractivity contribution is -0.124. The number of anilines is 1. The van der Waals surface area contributed by atoms with Gasteiger partial charge in [-0.05, 0) is 50.8 Å². The molecule has 1 aliphatic heterocycles. The molecule has 2 aliphatic rings. The predicted molar refractivity (Wildman–Crippen MR) is 98.9 cm³/mol. The Kier molecular flexibility index (Phi) is 5.27. The summed E-state index contributed by atoms with van der Waals surface area (Å²) in [5.41, 5.74) is 3.90. The zero-order valence-electron chi connectivity index (χ0n) is 15.3. The Labute approximate surface area is 149 Å². The highest BCUT2D eigenvalue weighted by Crippen LogP contribution is 2.24. The molecule has 25 heavy (non-hydrogen) atoms. The van der Waals surface area contributed by atoms with E-state index in [0.717, 1.165) is 39.0 Å². The molecular weight excluding hydrogens is 316 g/mol. The first-order chi connectivity index (χ1) is 12.0. The fourth-order valence-corrected chi connectivity index (χ4v) is 3.26. The van der Waals surface area contributed by atoms with Crippen molar-refractivity contribution in [2.75, 3.05) is 31.1 Å². The van der Waals surface area contributed by atoms with E-state index in [9.17, 15) is 9.59 Å². The average Bonchev–Trinajstić information content (AvgIpc) is 3.40. The molecule has 3 rings (SSSR count). The largest absolute Gasteiger partial charge is 0.369 e. The molecule has 1 saturated carbocycles. The monoisotopic (exact) mass is 344 g/mol. The first-order valence-electron chi connectivity index (χ1n) is 9.12. The molecular formula is C19H28N4O2.